The van der Waals surface area contributed by atoms with E-state index in [4.69, 9.17) is 19.9 Å². The molecular formula is C22H37N3O5. The van der Waals surface area contributed by atoms with Crippen LogP contribution < -0.4 is 16.4 Å². The number of hydrogen-bond donors (Lipinski definition) is 3. The first-order valence-corrected chi connectivity index (χ1v) is 10.9. The van der Waals surface area contributed by atoms with Crippen LogP contribution in [-0.2, 0) is 19.0 Å². The van der Waals surface area contributed by atoms with Gasteiger partial charge >= 0.3 is 6.03 Å². The molecule has 2 saturated heterocycles. The zero-order valence-corrected chi connectivity index (χ0v) is 19.0. The molecule has 4 N–H and O–H groups in total. The molecular weight excluding hydrogens is 386 g/mol. The number of rotatable bonds is 8. The van der Waals surface area contributed by atoms with Crippen molar-refractivity contribution in [3.05, 3.63) is 11.6 Å². The molecule has 3 aliphatic rings. The number of allylic oxidation sites excluding steroid dienone is 1. The van der Waals surface area contributed by atoms with Crippen molar-refractivity contribution in [2.75, 3.05) is 13.7 Å². The molecule has 2 heterocycles. The Morgan fingerprint density at radius 3 is 2.50 bits per heavy atom. The normalized spacial score (nSPS) is 38.1. The largest absolute Gasteiger partial charge is 0.379 e. The van der Waals surface area contributed by atoms with Crippen molar-refractivity contribution < 1.29 is 23.8 Å². The molecule has 8 heteroatoms. The maximum absolute atomic E-state index is 12.6. The Morgan fingerprint density at radius 2 is 2.00 bits per heavy atom. The summed E-state index contributed by atoms with van der Waals surface area (Å²) in [5, 5.41) is 5.72. The number of primary amides is 1. The Labute approximate surface area is 179 Å². The average molecular weight is 424 g/mol. The molecule has 3 fully saturated rings. The number of nitrogens with two attached hydrogens (primary N) is 1. The minimum absolute atomic E-state index is 0.0154. The lowest BCUT2D eigenvalue weighted by molar-refractivity contribution is -0.120. The predicted molar refractivity (Wildman–Crippen MR) is 113 cm³/mol. The zero-order chi connectivity index (χ0) is 22.3. The fourth-order valence-electron chi connectivity index (χ4n) is 5.06. The van der Waals surface area contributed by atoms with Crippen LogP contribution in [0.5, 0.6) is 0 Å². The van der Waals surface area contributed by atoms with E-state index >= 15 is 0 Å². The topological polar surface area (TPSA) is 119 Å². The lowest BCUT2D eigenvalue weighted by atomic mass is 9.67. The Hall–Kier alpha value is -1.64. The lowest BCUT2D eigenvalue weighted by Gasteiger charge is -2.43. The van der Waals surface area contributed by atoms with E-state index in [1.54, 1.807) is 7.11 Å². The molecule has 0 aromatic carbocycles. The molecule has 1 spiro atoms. The maximum Gasteiger partial charge on any atom is 0.315 e. The van der Waals surface area contributed by atoms with Crippen LogP contribution in [0.4, 0.5) is 4.79 Å². The van der Waals surface area contributed by atoms with Crippen molar-refractivity contribution in [3.8, 4) is 0 Å². The quantitative estimate of drug-likeness (QED) is 0.407. The van der Waals surface area contributed by atoms with Crippen molar-refractivity contribution in [1.29, 1.82) is 0 Å². The standard InChI is InChI=1S/C22H37N3O5/c1-12(2)7-8-15-21(5,30-15)18-17(28-6)14(9-10-22(18)11-29-22)24-20(27)25-16(13(3)4)19(23)26/h7,13-18H,8-11H2,1-6H3,(H2,23,26)(H2,24,25,27). The number of carbonyl (C=O) groups excluding carboxylic acids is 2. The molecule has 1 saturated carbocycles. The summed E-state index contributed by atoms with van der Waals surface area (Å²) in [5.74, 6) is -0.624. The average Bonchev–Trinajstić information content (AvgIpc) is 3.56. The van der Waals surface area contributed by atoms with Crippen LogP contribution in [0.3, 0.4) is 0 Å². The number of methoxy groups -OCH3 is 1. The molecule has 7 atom stereocenters. The summed E-state index contributed by atoms with van der Waals surface area (Å²) in [6.07, 6.45) is 4.48. The van der Waals surface area contributed by atoms with Crippen molar-refractivity contribution in [3.63, 3.8) is 0 Å². The minimum Gasteiger partial charge on any atom is -0.379 e. The highest BCUT2D eigenvalue weighted by molar-refractivity contribution is 5.86. The van der Waals surface area contributed by atoms with Crippen molar-refractivity contribution in [2.45, 2.75) is 89.4 Å². The van der Waals surface area contributed by atoms with Crippen molar-refractivity contribution in [2.24, 2.45) is 17.6 Å². The third kappa shape index (κ3) is 4.50. The zero-order valence-electron chi connectivity index (χ0n) is 19.0. The van der Waals surface area contributed by atoms with Crippen LogP contribution >= 0.6 is 0 Å². The SMILES string of the molecule is COC1C(NC(=O)NC(C(N)=O)C(C)C)CCC2(CO2)C1C1(C)OC1CC=C(C)C. The van der Waals surface area contributed by atoms with Crippen LogP contribution in [0, 0.1) is 11.8 Å². The molecule has 2 aliphatic heterocycles. The second-order valence-corrected chi connectivity index (χ2v) is 9.73. The summed E-state index contributed by atoms with van der Waals surface area (Å²) in [4.78, 5) is 24.3. The van der Waals surface area contributed by atoms with Gasteiger partial charge in [-0.25, -0.2) is 4.79 Å². The first-order valence-electron chi connectivity index (χ1n) is 10.9. The molecule has 170 valence electrons. The van der Waals surface area contributed by atoms with Gasteiger partial charge in [0.1, 0.15) is 11.6 Å². The van der Waals surface area contributed by atoms with Crippen LogP contribution in [0.2, 0.25) is 0 Å². The molecule has 0 bridgehead atoms. The Bertz CT molecular complexity index is 701. The number of hydrogen-bond acceptors (Lipinski definition) is 5. The summed E-state index contributed by atoms with van der Waals surface area (Å²) in [6.45, 7) is 10.7. The monoisotopic (exact) mass is 423 g/mol. The van der Waals surface area contributed by atoms with Gasteiger partial charge in [0, 0.05) is 13.0 Å². The molecule has 0 radical (unpaired) electrons. The number of amides is 3. The van der Waals surface area contributed by atoms with Crippen molar-refractivity contribution >= 4 is 11.9 Å². The number of epoxide rings is 2. The summed E-state index contributed by atoms with van der Waals surface area (Å²) >= 11 is 0. The Balaban J connectivity index is 1.71. The Kier molecular flexibility index (Phi) is 6.51. The molecule has 3 amide bonds. The van der Waals surface area contributed by atoms with E-state index in [9.17, 15) is 9.59 Å². The summed E-state index contributed by atoms with van der Waals surface area (Å²) in [7, 11) is 1.67. The fraction of sp³-hybridized carbons (Fsp3) is 0.818. The fourth-order valence-corrected chi connectivity index (χ4v) is 5.06. The van der Waals surface area contributed by atoms with Gasteiger partial charge in [0.25, 0.3) is 0 Å². The highest BCUT2D eigenvalue weighted by Crippen LogP contribution is 2.59. The number of nitrogens with one attached hydrogen (secondary N) is 2. The van der Waals surface area contributed by atoms with Gasteiger partial charge in [-0.3, -0.25) is 4.79 Å². The van der Waals surface area contributed by atoms with E-state index in [2.05, 4.69) is 37.5 Å². The van der Waals surface area contributed by atoms with Gasteiger partial charge in [-0.2, -0.15) is 0 Å². The van der Waals surface area contributed by atoms with E-state index in [-0.39, 0.29) is 41.3 Å². The van der Waals surface area contributed by atoms with Gasteiger partial charge in [-0.1, -0.05) is 25.5 Å². The van der Waals surface area contributed by atoms with Gasteiger partial charge in [0.05, 0.1) is 30.5 Å². The Morgan fingerprint density at radius 1 is 1.33 bits per heavy atom. The molecule has 30 heavy (non-hydrogen) atoms. The first kappa shape index (κ1) is 23.0. The third-order valence-electron chi connectivity index (χ3n) is 6.87. The van der Waals surface area contributed by atoms with E-state index in [1.807, 2.05) is 13.8 Å². The molecule has 1 aliphatic carbocycles. The maximum atomic E-state index is 12.6. The van der Waals surface area contributed by atoms with Crippen LogP contribution in [-0.4, -0.2) is 61.1 Å². The van der Waals surface area contributed by atoms with Crippen LogP contribution in [0.15, 0.2) is 11.6 Å². The van der Waals surface area contributed by atoms with E-state index in [1.165, 1.54) is 5.57 Å². The smallest absolute Gasteiger partial charge is 0.315 e. The summed E-state index contributed by atoms with van der Waals surface area (Å²) < 4.78 is 18.1. The van der Waals surface area contributed by atoms with E-state index in [0.717, 1.165) is 19.3 Å². The molecule has 8 nitrogen and oxygen atoms in total. The lowest BCUT2D eigenvalue weighted by Crippen LogP contribution is -2.61. The van der Waals surface area contributed by atoms with E-state index < -0.39 is 18.0 Å². The van der Waals surface area contributed by atoms with Crippen molar-refractivity contribution in [1.82, 2.24) is 10.6 Å². The molecule has 3 rings (SSSR count). The summed E-state index contributed by atoms with van der Waals surface area (Å²) in [6, 6.07) is -1.34. The van der Waals surface area contributed by atoms with Gasteiger partial charge in [0.2, 0.25) is 5.91 Å². The van der Waals surface area contributed by atoms with Crippen LogP contribution in [0.25, 0.3) is 0 Å². The van der Waals surface area contributed by atoms with Crippen LogP contribution in [0.1, 0.15) is 53.9 Å². The number of ether oxygens (including phenoxy) is 3. The van der Waals surface area contributed by atoms with E-state index in [0.29, 0.717) is 6.61 Å². The highest BCUT2D eigenvalue weighted by atomic mass is 16.6. The second-order valence-electron chi connectivity index (χ2n) is 9.73. The highest BCUT2D eigenvalue weighted by Gasteiger charge is 2.71. The van der Waals surface area contributed by atoms with Gasteiger partial charge in [-0.05, 0) is 46.0 Å². The molecule has 7 unspecified atom stereocenters. The minimum atomic E-state index is -0.721. The molecule has 0 aromatic heterocycles. The third-order valence-corrected chi connectivity index (χ3v) is 6.87. The number of urea groups is 1. The van der Waals surface area contributed by atoms with Gasteiger partial charge < -0.3 is 30.6 Å². The van der Waals surface area contributed by atoms with Gasteiger partial charge in [-0.15, -0.1) is 0 Å². The summed E-state index contributed by atoms with van der Waals surface area (Å²) in [5.41, 5.74) is 6.10. The number of carbonyl (C=O) groups is 2. The first-order chi connectivity index (χ1) is 14.0. The molecule has 0 aromatic rings. The van der Waals surface area contributed by atoms with Gasteiger partial charge in [0.15, 0.2) is 0 Å². The second kappa shape index (κ2) is 8.48. The predicted octanol–water partition coefficient (Wildman–Crippen LogP) is 1.87.